The summed E-state index contributed by atoms with van der Waals surface area (Å²) in [6.07, 6.45) is 3.87. The second-order valence-corrected chi connectivity index (χ2v) is 3.33. The molecular formula is C9H18N4. The lowest BCUT2D eigenvalue weighted by molar-refractivity contribution is 0.570. The highest BCUT2D eigenvalue weighted by Crippen LogP contribution is 2.15. The van der Waals surface area contributed by atoms with Crippen LogP contribution in [-0.2, 0) is 6.54 Å². The second-order valence-electron chi connectivity index (χ2n) is 3.33. The Morgan fingerprint density at radius 1 is 1.62 bits per heavy atom. The summed E-state index contributed by atoms with van der Waals surface area (Å²) in [5.74, 6) is 1.57. The van der Waals surface area contributed by atoms with E-state index in [4.69, 9.17) is 5.73 Å². The fourth-order valence-corrected chi connectivity index (χ4v) is 1.26. The maximum absolute atomic E-state index is 5.45. The molecule has 0 saturated carbocycles. The highest BCUT2D eigenvalue weighted by molar-refractivity contribution is 4.93. The number of aryl methyl sites for hydroxylation is 1. The van der Waals surface area contributed by atoms with Crippen molar-refractivity contribution in [1.29, 1.82) is 0 Å². The van der Waals surface area contributed by atoms with Crippen LogP contribution in [0.2, 0.25) is 0 Å². The molecule has 0 aliphatic rings. The van der Waals surface area contributed by atoms with Gasteiger partial charge in [0.1, 0.15) is 12.2 Å². The van der Waals surface area contributed by atoms with Gasteiger partial charge >= 0.3 is 0 Å². The first-order valence-corrected chi connectivity index (χ1v) is 4.87. The molecule has 1 aromatic heterocycles. The molecule has 2 N–H and O–H groups in total. The molecule has 0 saturated heterocycles. The van der Waals surface area contributed by atoms with Crippen LogP contribution in [0.1, 0.15) is 38.4 Å². The topological polar surface area (TPSA) is 56.7 Å². The number of hydrogen-bond donors (Lipinski definition) is 1. The van der Waals surface area contributed by atoms with Crippen molar-refractivity contribution in [3.63, 3.8) is 0 Å². The fourth-order valence-electron chi connectivity index (χ4n) is 1.26. The molecule has 0 aliphatic heterocycles. The molecule has 74 valence electrons. The second kappa shape index (κ2) is 4.97. The van der Waals surface area contributed by atoms with Crippen LogP contribution in [0.5, 0.6) is 0 Å². The minimum absolute atomic E-state index is 0.486. The standard InChI is InChI=1S/C9H18N4/c1-3-8(2)9-12-11-7-13(9)6-4-5-10/h7-8H,3-6,10H2,1-2H3. The zero-order valence-corrected chi connectivity index (χ0v) is 8.40. The average molecular weight is 182 g/mol. The molecule has 0 aromatic carbocycles. The molecule has 1 heterocycles. The van der Waals surface area contributed by atoms with Crippen LogP contribution in [0.25, 0.3) is 0 Å². The van der Waals surface area contributed by atoms with Crippen LogP contribution in [0.4, 0.5) is 0 Å². The first kappa shape index (κ1) is 10.2. The molecule has 0 spiro atoms. The van der Waals surface area contributed by atoms with E-state index in [-0.39, 0.29) is 0 Å². The van der Waals surface area contributed by atoms with Crippen LogP contribution in [-0.4, -0.2) is 21.3 Å². The van der Waals surface area contributed by atoms with E-state index in [2.05, 4.69) is 28.6 Å². The van der Waals surface area contributed by atoms with Gasteiger partial charge in [-0.1, -0.05) is 13.8 Å². The Balaban J connectivity index is 2.65. The Kier molecular flexibility index (Phi) is 3.89. The van der Waals surface area contributed by atoms with Gasteiger partial charge in [-0.25, -0.2) is 0 Å². The molecular weight excluding hydrogens is 164 g/mol. The average Bonchev–Trinajstić information content (AvgIpc) is 2.61. The molecule has 1 rings (SSSR count). The van der Waals surface area contributed by atoms with E-state index in [1.807, 2.05) is 0 Å². The van der Waals surface area contributed by atoms with Gasteiger partial charge in [0.05, 0.1) is 0 Å². The molecule has 4 nitrogen and oxygen atoms in total. The number of aromatic nitrogens is 3. The minimum atomic E-state index is 0.486. The van der Waals surface area contributed by atoms with Crippen LogP contribution in [0.3, 0.4) is 0 Å². The van der Waals surface area contributed by atoms with E-state index in [1.54, 1.807) is 6.33 Å². The lowest BCUT2D eigenvalue weighted by Gasteiger charge is -2.09. The third kappa shape index (κ3) is 2.52. The predicted octanol–water partition coefficient (Wildman–Crippen LogP) is 1.14. The molecule has 0 fully saturated rings. The van der Waals surface area contributed by atoms with Crippen molar-refractivity contribution >= 4 is 0 Å². The maximum atomic E-state index is 5.45. The van der Waals surface area contributed by atoms with Gasteiger partial charge in [-0.05, 0) is 19.4 Å². The summed E-state index contributed by atoms with van der Waals surface area (Å²) in [6, 6.07) is 0. The lowest BCUT2D eigenvalue weighted by atomic mass is 10.1. The Labute approximate surface area is 79.2 Å². The molecule has 0 bridgehead atoms. The molecule has 0 amide bonds. The summed E-state index contributed by atoms with van der Waals surface area (Å²) in [6.45, 7) is 5.98. The van der Waals surface area contributed by atoms with Crippen molar-refractivity contribution in [3.05, 3.63) is 12.2 Å². The van der Waals surface area contributed by atoms with E-state index >= 15 is 0 Å². The highest BCUT2D eigenvalue weighted by atomic mass is 15.3. The van der Waals surface area contributed by atoms with Crippen molar-refractivity contribution in [3.8, 4) is 0 Å². The van der Waals surface area contributed by atoms with E-state index in [1.165, 1.54) is 0 Å². The summed E-state index contributed by atoms with van der Waals surface area (Å²) < 4.78 is 2.10. The third-order valence-corrected chi connectivity index (χ3v) is 2.30. The van der Waals surface area contributed by atoms with Crippen molar-refractivity contribution < 1.29 is 0 Å². The molecule has 1 aromatic rings. The summed E-state index contributed by atoms with van der Waals surface area (Å²) in [7, 11) is 0. The fraction of sp³-hybridized carbons (Fsp3) is 0.778. The van der Waals surface area contributed by atoms with Gasteiger partial charge in [0.15, 0.2) is 0 Å². The van der Waals surface area contributed by atoms with Crippen molar-refractivity contribution in [1.82, 2.24) is 14.8 Å². The van der Waals surface area contributed by atoms with Gasteiger partial charge in [-0.2, -0.15) is 0 Å². The van der Waals surface area contributed by atoms with Gasteiger partial charge in [-0.3, -0.25) is 0 Å². The van der Waals surface area contributed by atoms with E-state index < -0.39 is 0 Å². The Morgan fingerprint density at radius 3 is 3.00 bits per heavy atom. The lowest BCUT2D eigenvalue weighted by Crippen LogP contribution is -2.09. The minimum Gasteiger partial charge on any atom is -0.330 e. The van der Waals surface area contributed by atoms with Crippen molar-refractivity contribution in [2.75, 3.05) is 6.54 Å². The Bertz CT molecular complexity index is 244. The van der Waals surface area contributed by atoms with Gasteiger partial charge < -0.3 is 10.3 Å². The molecule has 0 radical (unpaired) electrons. The van der Waals surface area contributed by atoms with E-state index in [0.717, 1.165) is 31.8 Å². The SMILES string of the molecule is CCC(C)c1nncn1CCCN. The van der Waals surface area contributed by atoms with Gasteiger partial charge in [0, 0.05) is 12.5 Å². The van der Waals surface area contributed by atoms with Gasteiger partial charge in [0.25, 0.3) is 0 Å². The van der Waals surface area contributed by atoms with E-state index in [0.29, 0.717) is 5.92 Å². The summed E-state index contributed by atoms with van der Waals surface area (Å²) in [4.78, 5) is 0. The molecule has 1 unspecified atom stereocenters. The largest absolute Gasteiger partial charge is 0.330 e. The molecule has 0 aliphatic carbocycles. The monoisotopic (exact) mass is 182 g/mol. The van der Waals surface area contributed by atoms with Gasteiger partial charge in [-0.15, -0.1) is 10.2 Å². The normalized spacial score (nSPS) is 13.2. The van der Waals surface area contributed by atoms with Crippen LogP contribution in [0, 0.1) is 0 Å². The predicted molar refractivity (Wildman–Crippen MR) is 52.4 cm³/mol. The first-order chi connectivity index (χ1) is 6.29. The molecule has 4 heteroatoms. The van der Waals surface area contributed by atoms with Gasteiger partial charge in [0.2, 0.25) is 0 Å². The zero-order chi connectivity index (χ0) is 9.68. The molecule has 13 heavy (non-hydrogen) atoms. The third-order valence-electron chi connectivity index (χ3n) is 2.30. The van der Waals surface area contributed by atoms with Crippen LogP contribution >= 0.6 is 0 Å². The van der Waals surface area contributed by atoms with Crippen LogP contribution in [0.15, 0.2) is 6.33 Å². The van der Waals surface area contributed by atoms with Crippen molar-refractivity contribution in [2.45, 2.75) is 39.2 Å². The Morgan fingerprint density at radius 2 is 2.38 bits per heavy atom. The highest BCUT2D eigenvalue weighted by Gasteiger charge is 2.10. The Hall–Kier alpha value is -0.900. The first-order valence-electron chi connectivity index (χ1n) is 4.87. The number of nitrogens with two attached hydrogens (primary N) is 1. The number of rotatable bonds is 5. The van der Waals surface area contributed by atoms with E-state index in [9.17, 15) is 0 Å². The number of hydrogen-bond acceptors (Lipinski definition) is 3. The summed E-state index contributed by atoms with van der Waals surface area (Å²) >= 11 is 0. The smallest absolute Gasteiger partial charge is 0.135 e. The van der Waals surface area contributed by atoms with Crippen LogP contribution < -0.4 is 5.73 Å². The quantitative estimate of drug-likeness (QED) is 0.743. The van der Waals surface area contributed by atoms with Crippen molar-refractivity contribution in [2.24, 2.45) is 5.73 Å². The summed E-state index contributed by atoms with van der Waals surface area (Å²) in [5, 5.41) is 8.03. The number of nitrogens with zero attached hydrogens (tertiary/aromatic N) is 3. The molecule has 1 atom stereocenters. The summed E-state index contributed by atoms with van der Waals surface area (Å²) in [5.41, 5.74) is 5.45. The zero-order valence-electron chi connectivity index (χ0n) is 8.40. The maximum Gasteiger partial charge on any atom is 0.135 e.